The van der Waals surface area contributed by atoms with E-state index < -0.39 is 23.5 Å². The molecule has 1 saturated carbocycles. The van der Waals surface area contributed by atoms with Crippen LogP contribution in [-0.2, 0) is 14.3 Å². The van der Waals surface area contributed by atoms with Gasteiger partial charge in [0.05, 0.1) is 29.8 Å². The molecular weight excluding hydrogens is 286 g/mol. The first-order valence-electron chi connectivity index (χ1n) is 7.06. The summed E-state index contributed by atoms with van der Waals surface area (Å²) in [5, 5.41) is 8.15. The SMILES string of the molecule is COC(=O)c1ccc(N2C(=O)[C@@H]3N=NC4(CC4)[C@H]3C2=O)cc1. The molecule has 2 amide bonds. The number of imide groups is 1. The fraction of sp³-hybridized carbons (Fsp3) is 0.400. The fourth-order valence-electron chi connectivity index (χ4n) is 3.19. The normalized spacial score (nSPS) is 27.4. The van der Waals surface area contributed by atoms with Crippen LogP contribution in [0.4, 0.5) is 5.69 Å². The zero-order valence-corrected chi connectivity index (χ0v) is 11.9. The summed E-state index contributed by atoms with van der Waals surface area (Å²) in [6, 6.07) is 5.52. The number of fused-ring (bicyclic) bond motifs is 2. The van der Waals surface area contributed by atoms with Gasteiger partial charge in [-0.3, -0.25) is 9.59 Å². The van der Waals surface area contributed by atoms with Crippen molar-refractivity contribution in [2.45, 2.75) is 24.4 Å². The number of hydrogen-bond acceptors (Lipinski definition) is 6. The molecule has 0 N–H and O–H groups in total. The van der Waals surface area contributed by atoms with E-state index in [-0.39, 0.29) is 11.8 Å². The van der Waals surface area contributed by atoms with E-state index in [1.54, 1.807) is 12.1 Å². The van der Waals surface area contributed by atoms with Crippen molar-refractivity contribution < 1.29 is 19.1 Å². The summed E-state index contributed by atoms with van der Waals surface area (Å²) < 4.78 is 4.63. The second-order valence-corrected chi connectivity index (χ2v) is 5.79. The van der Waals surface area contributed by atoms with E-state index in [1.165, 1.54) is 19.2 Å². The third-order valence-corrected chi connectivity index (χ3v) is 4.54. The Morgan fingerprint density at radius 2 is 1.91 bits per heavy atom. The average molecular weight is 299 g/mol. The van der Waals surface area contributed by atoms with Crippen LogP contribution in [0, 0.1) is 5.92 Å². The average Bonchev–Trinajstić information content (AvgIpc) is 3.13. The number of rotatable bonds is 2. The van der Waals surface area contributed by atoms with Crippen LogP contribution in [0.2, 0.25) is 0 Å². The van der Waals surface area contributed by atoms with E-state index in [0.717, 1.165) is 17.7 Å². The molecule has 3 aliphatic rings. The van der Waals surface area contributed by atoms with Gasteiger partial charge < -0.3 is 4.74 Å². The highest BCUT2D eigenvalue weighted by Crippen LogP contribution is 2.55. The Morgan fingerprint density at radius 1 is 1.23 bits per heavy atom. The van der Waals surface area contributed by atoms with E-state index in [9.17, 15) is 14.4 Å². The van der Waals surface area contributed by atoms with Crippen molar-refractivity contribution in [1.29, 1.82) is 0 Å². The summed E-state index contributed by atoms with van der Waals surface area (Å²) in [6.45, 7) is 0. The number of benzene rings is 1. The van der Waals surface area contributed by atoms with Gasteiger partial charge in [0.2, 0.25) is 5.91 Å². The number of hydrogen-bond donors (Lipinski definition) is 0. The van der Waals surface area contributed by atoms with Crippen LogP contribution < -0.4 is 4.90 Å². The minimum Gasteiger partial charge on any atom is -0.465 e. The first-order chi connectivity index (χ1) is 10.6. The van der Waals surface area contributed by atoms with E-state index in [4.69, 9.17) is 0 Å². The third kappa shape index (κ3) is 1.59. The van der Waals surface area contributed by atoms with Crippen molar-refractivity contribution in [3.8, 4) is 0 Å². The minimum absolute atomic E-state index is 0.247. The Kier molecular flexibility index (Phi) is 2.52. The highest BCUT2D eigenvalue weighted by molar-refractivity contribution is 6.24. The summed E-state index contributed by atoms with van der Waals surface area (Å²) in [5.74, 6) is -1.51. The fourth-order valence-corrected chi connectivity index (χ4v) is 3.19. The molecule has 112 valence electrons. The predicted octanol–water partition coefficient (Wildman–Crippen LogP) is 1.33. The Morgan fingerprint density at radius 3 is 2.50 bits per heavy atom. The number of carbonyl (C=O) groups is 3. The molecule has 1 saturated heterocycles. The van der Waals surface area contributed by atoms with Gasteiger partial charge in [0.1, 0.15) is 0 Å². The van der Waals surface area contributed by atoms with Crippen molar-refractivity contribution in [3.63, 3.8) is 0 Å². The van der Waals surface area contributed by atoms with Gasteiger partial charge in [-0.2, -0.15) is 10.2 Å². The summed E-state index contributed by atoms with van der Waals surface area (Å²) in [5.41, 5.74) is 0.380. The van der Waals surface area contributed by atoms with Gasteiger partial charge in [-0.25, -0.2) is 9.69 Å². The first-order valence-corrected chi connectivity index (χ1v) is 7.06. The number of anilines is 1. The number of esters is 1. The van der Waals surface area contributed by atoms with Crippen LogP contribution in [0.15, 0.2) is 34.5 Å². The van der Waals surface area contributed by atoms with Gasteiger partial charge in [0.25, 0.3) is 5.91 Å². The zero-order valence-electron chi connectivity index (χ0n) is 11.9. The quantitative estimate of drug-likeness (QED) is 0.608. The number of nitrogens with zero attached hydrogens (tertiary/aromatic N) is 3. The van der Waals surface area contributed by atoms with Crippen LogP contribution in [0.1, 0.15) is 23.2 Å². The summed E-state index contributed by atoms with van der Waals surface area (Å²) in [6.07, 6.45) is 1.62. The maximum atomic E-state index is 12.6. The summed E-state index contributed by atoms with van der Waals surface area (Å²) in [4.78, 5) is 37.7. The van der Waals surface area contributed by atoms with Gasteiger partial charge in [-0.1, -0.05) is 0 Å². The van der Waals surface area contributed by atoms with Crippen molar-refractivity contribution in [2.24, 2.45) is 16.1 Å². The highest BCUT2D eigenvalue weighted by atomic mass is 16.5. The van der Waals surface area contributed by atoms with Gasteiger partial charge in [-0.15, -0.1) is 0 Å². The Labute approximate surface area is 126 Å². The van der Waals surface area contributed by atoms with Crippen molar-refractivity contribution >= 4 is 23.5 Å². The largest absolute Gasteiger partial charge is 0.465 e. The maximum Gasteiger partial charge on any atom is 0.337 e. The smallest absolute Gasteiger partial charge is 0.337 e. The molecule has 1 spiro atoms. The lowest BCUT2D eigenvalue weighted by Crippen LogP contribution is -2.33. The van der Waals surface area contributed by atoms with Crippen molar-refractivity contribution in [1.82, 2.24) is 0 Å². The van der Waals surface area contributed by atoms with Crippen molar-refractivity contribution in [2.75, 3.05) is 12.0 Å². The molecule has 0 bridgehead atoms. The molecular formula is C15H13N3O4. The molecule has 7 nitrogen and oxygen atoms in total. The molecule has 2 fully saturated rings. The molecule has 2 atom stereocenters. The van der Waals surface area contributed by atoms with Gasteiger partial charge >= 0.3 is 5.97 Å². The molecule has 1 aliphatic carbocycles. The Bertz CT molecular complexity index is 721. The van der Waals surface area contributed by atoms with Crippen LogP contribution in [-0.4, -0.2) is 36.5 Å². The molecule has 4 rings (SSSR count). The second kappa shape index (κ2) is 4.22. The molecule has 0 unspecified atom stereocenters. The first kappa shape index (κ1) is 13.1. The van der Waals surface area contributed by atoms with E-state index in [2.05, 4.69) is 15.0 Å². The Balaban J connectivity index is 1.66. The molecule has 1 aromatic carbocycles. The predicted molar refractivity (Wildman–Crippen MR) is 74.4 cm³/mol. The molecule has 7 heteroatoms. The van der Waals surface area contributed by atoms with Gasteiger partial charge in [-0.05, 0) is 37.1 Å². The van der Waals surface area contributed by atoms with Crippen LogP contribution >= 0.6 is 0 Å². The van der Waals surface area contributed by atoms with E-state index in [1.807, 2.05) is 0 Å². The lowest BCUT2D eigenvalue weighted by molar-refractivity contribution is -0.122. The topological polar surface area (TPSA) is 88.4 Å². The molecule has 1 aromatic rings. The van der Waals surface area contributed by atoms with Gasteiger partial charge in [0.15, 0.2) is 6.04 Å². The van der Waals surface area contributed by atoms with Crippen LogP contribution in [0.3, 0.4) is 0 Å². The van der Waals surface area contributed by atoms with Crippen molar-refractivity contribution in [3.05, 3.63) is 29.8 Å². The summed E-state index contributed by atoms with van der Waals surface area (Å²) in [7, 11) is 1.30. The number of methoxy groups -OCH3 is 1. The maximum absolute atomic E-state index is 12.6. The molecule has 2 heterocycles. The number of azo groups is 1. The number of ether oxygens (including phenoxy) is 1. The Hall–Kier alpha value is -2.57. The number of carbonyl (C=O) groups excluding carboxylic acids is 3. The zero-order chi connectivity index (χ0) is 15.5. The number of amides is 2. The monoisotopic (exact) mass is 299 g/mol. The van der Waals surface area contributed by atoms with E-state index >= 15 is 0 Å². The van der Waals surface area contributed by atoms with Gasteiger partial charge in [0, 0.05) is 0 Å². The third-order valence-electron chi connectivity index (χ3n) is 4.54. The molecule has 0 aromatic heterocycles. The standard InChI is InChI=1S/C15H13N3O4/c1-22-14(21)8-2-4-9(5-3-8)18-12(19)10-11(13(18)20)16-17-15(10)6-7-15/h2-5,10-11H,6-7H2,1H3/t10-,11-/m1/s1. The molecule has 0 radical (unpaired) electrons. The lowest BCUT2D eigenvalue weighted by Gasteiger charge is -2.16. The summed E-state index contributed by atoms with van der Waals surface area (Å²) >= 11 is 0. The van der Waals surface area contributed by atoms with E-state index in [0.29, 0.717) is 11.3 Å². The van der Waals surface area contributed by atoms with Crippen LogP contribution in [0.5, 0.6) is 0 Å². The lowest BCUT2D eigenvalue weighted by atomic mass is 9.94. The van der Waals surface area contributed by atoms with Crippen LogP contribution in [0.25, 0.3) is 0 Å². The molecule has 2 aliphatic heterocycles. The second-order valence-electron chi connectivity index (χ2n) is 5.79. The highest BCUT2D eigenvalue weighted by Gasteiger charge is 2.67. The minimum atomic E-state index is -0.685. The molecule has 22 heavy (non-hydrogen) atoms.